The van der Waals surface area contributed by atoms with E-state index in [9.17, 15) is 9.90 Å². The number of aliphatic hydroxyl groups is 1. The molecule has 1 fully saturated rings. The van der Waals surface area contributed by atoms with Crippen molar-refractivity contribution < 1.29 is 9.90 Å². The van der Waals surface area contributed by atoms with Crippen LogP contribution in [-0.2, 0) is 0 Å². The lowest BCUT2D eigenvalue weighted by Crippen LogP contribution is -2.45. The van der Waals surface area contributed by atoms with Crippen LogP contribution >= 0.6 is 11.3 Å². The van der Waals surface area contributed by atoms with E-state index in [2.05, 4.69) is 4.98 Å². The van der Waals surface area contributed by atoms with Gasteiger partial charge in [-0.15, -0.1) is 11.3 Å². The molecule has 6 heteroatoms. The number of amides is 1. The fourth-order valence-electron chi connectivity index (χ4n) is 2.63. The minimum absolute atomic E-state index is 0.0981. The summed E-state index contributed by atoms with van der Waals surface area (Å²) in [6, 6.07) is 3.80. The van der Waals surface area contributed by atoms with Crippen molar-refractivity contribution in [3.8, 4) is 0 Å². The van der Waals surface area contributed by atoms with Gasteiger partial charge >= 0.3 is 0 Å². The molecular weight excluding hydrogens is 286 g/mol. The summed E-state index contributed by atoms with van der Waals surface area (Å²) in [5.41, 5.74) is 7.53. The normalized spacial score (nSPS) is 22.7. The zero-order valence-corrected chi connectivity index (χ0v) is 13.0. The van der Waals surface area contributed by atoms with Gasteiger partial charge in [0.15, 0.2) is 0 Å². The summed E-state index contributed by atoms with van der Waals surface area (Å²) in [4.78, 5) is 20.1. The first kappa shape index (κ1) is 14.3. The maximum Gasteiger partial charge on any atom is 0.266 e. The van der Waals surface area contributed by atoms with Gasteiger partial charge in [0.25, 0.3) is 5.91 Å². The van der Waals surface area contributed by atoms with E-state index in [1.165, 1.54) is 11.3 Å². The number of fused-ring (bicyclic) bond motifs is 1. The Hall–Kier alpha value is -1.66. The number of β-amino-alcohol motifs (C(OH)–C–C–N with tert-alkyl or cyclic N) is 1. The van der Waals surface area contributed by atoms with Gasteiger partial charge < -0.3 is 15.7 Å². The largest absolute Gasteiger partial charge is 0.397 e. The van der Waals surface area contributed by atoms with Crippen molar-refractivity contribution in [2.75, 3.05) is 18.8 Å². The number of nitrogen functional groups attached to an aromatic ring is 1. The highest BCUT2D eigenvalue weighted by molar-refractivity contribution is 7.21. The zero-order valence-electron chi connectivity index (χ0n) is 12.2. The van der Waals surface area contributed by atoms with Gasteiger partial charge in [-0.3, -0.25) is 4.79 Å². The molecule has 2 aromatic rings. The fourth-order valence-corrected chi connectivity index (χ4v) is 3.73. The van der Waals surface area contributed by atoms with E-state index in [-0.39, 0.29) is 11.8 Å². The van der Waals surface area contributed by atoms with E-state index in [4.69, 9.17) is 5.73 Å². The van der Waals surface area contributed by atoms with Gasteiger partial charge in [0.1, 0.15) is 9.71 Å². The Morgan fingerprint density at radius 3 is 3.00 bits per heavy atom. The van der Waals surface area contributed by atoms with E-state index < -0.39 is 6.10 Å². The van der Waals surface area contributed by atoms with Gasteiger partial charge in [0.05, 0.1) is 11.8 Å². The molecule has 2 unspecified atom stereocenters. The first-order valence-corrected chi connectivity index (χ1v) is 7.92. The molecule has 0 aliphatic carbocycles. The van der Waals surface area contributed by atoms with Crippen molar-refractivity contribution in [2.45, 2.75) is 26.4 Å². The molecule has 2 aromatic heterocycles. The molecule has 1 amide bonds. The predicted octanol–water partition coefficient (Wildman–Crippen LogP) is 2.03. The number of aliphatic hydroxyl groups excluding tert-OH is 1. The van der Waals surface area contributed by atoms with Crippen molar-refractivity contribution in [1.82, 2.24) is 9.88 Å². The Kier molecular flexibility index (Phi) is 3.59. The summed E-state index contributed by atoms with van der Waals surface area (Å²) >= 11 is 1.33. The maximum absolute atomic E-state index is 12.6. The molecule has 2 atom stereocenters. The van der Waals surface area contributed by atoms with Crippen LogP contribution in [0.1, 0.15) is 28.7 Å². The second-order valence-corrected chi connectivity index (χ2v) is 6.73. The number of nitrogens with zero attached hydrogens (tertiary/aromatic N) is 2. The Labute approximate surface area is 127 Å². The molecule has 0 bridgehead atoms. The first-order chi connectivity index (χ1) is 9.97. The van der Waals surface area contributed by atoms with Crippen LogP contribution in [0.5, 0.6) is 0 Å². The topological polar surface area (TPSA) is 79.5 Å². The number of hydrogen-bond donors (Lipinski definition) is 2. The van der Waals surface area contributed by atoms with E-state index in [1.807, 2.05) is 26.0 Å². The smallest absolute Gasteiger partial charge is 0.266 e. The lowest BCUT2D eigenvalue weighted by atomic mass is 9.96. The van der Waals surface area contributed by atoms with E-state index in [0.717, 1.165) is 22.3 Å². The van der Waals surface area contributed by atoms with Gasteiger partial charge in [0, 0.05) is 24.2 Å². The Bertz CT molecular complexity index is 698. The van der Waals surface area contributed by atoms with Crippen LogP contribution in [-0.4, -0.2) is 40.1 Å². The molecule has 0 saturated carbocycles. The molecule has 0 spiro atoms. The highest BCUT2D eigenvalue weighted by Crippen LogP contribution is 2.34. The second kappa shape index (κ2) is 5.27. The monoisotopic (exact) mass is 305 g/mol. The lowest BCUT2D eigenvalue weighted by molar-refractivity contribution is 0.0252. The quantitative estimate of drug-likeness (QED) is 0.845. The third-order valence-corrected chi connectivity index (χ3v) is 5.24. The number of rotatable bonds is 1. The number of anilines is 1. The SMILES string of the molecule is Cc1ccc2c(N)c(C(=O)N3CCC(C)C(O)C3)sc2n1. The van der Waals surface area contributed by atoms with Crippen LogP contribution in [0.3, 0.4) is 0 Å². The highest BCUT2D eigenvalue weighted by Gasteiger charge is 2.30. The molecule has 5 nitrogen and oxygen atoms in total. The fraction of sp³-hybridized carbons (Fsp3) is 0.467. The average Bonchev–Trinajstić information content (AvgIpc) is 2.77. The van der Waals surface area contributed by atoms with Gasteiger partial charge in [-0.1, -0.05) is 6.92 Å². The van der Waals surface area contributed by atoms with Gasteiger partial charge in [0.2, 0.25) is 0 Å². The number of pyridine rings is 1. The summed E-state index contributed by atoms with van der Waals surface area (Å²) in [7, 11) is 0. The minimum Gasteiger partial charge on any atom is -0.397 e. The summed E-state index contributed by atoms with van der Waals surface area (Å²) in [5, 5.41) is 10.8. The summed E-state index contributed by atoms with van der Waals surface area (Å²) in [5.74, 6) is 0.136. The number of piperidine rings is 1. The van der Waals surface area contributed by atoms with E-state index in [1.54, 1.807) is 4.90 Å². The van der Waals surface area contributed by atoms with Gasteiger partial charge in [-0.25, -0.2) is 4.98 Å². The third kappa shape index (κ3) is 2.49. The molecule has 3 heterocycles. The summed E-state index contributed by atoms with van der Waals surface area (Å²) < 4.78 is 0. The van der Waals surface area contributed by atoms with Crippen molar-refractivity contribution >= 4 is 33.1 Å². The van der Waals surface area contributed by atoms with Gasteiger partial charge in [-0.05, 0) is 31.4 Å². The molecule has 1 aliphatic rings. The summed E-state index contributed by atoms with van der Waals surface area (Å²) in [6.07, 6.45) is 0.355. The van der Waals surface area contributed by atoms with E-state index in [0.29, 0.717) is 23.7 Å². The number of carbonyl (C=O) groups excluding carboxylic acids is 1. The van der Waals surface area contributed by atoms with Crippen LogP contribution < -0.4 is 5.73 Å². The van der Waals surface area contributed by atoms with Crippen molar-refractivity contribution in [1.29, 1.82) is 0 Å². The number of aryl methyl sites for hydroxylation is 1. The number of aromatic nitrogens is 1. The molecule has 1 saturated heterocycles. The average molecular weight is 305 g/mol. The van der Waals surface area contributed by atoms with Crippen molar-refractivity contribution in [3.63, 3.8) is 0 Å². The van der Waals surface area contributed by atoms with Crippen LogP contribution in [0, 0.1) is 12.8 Å². The van der Waals surface area contributed by atoms with Crippen LogP contribution in [0.15, 0.2) is 12.1 Å². The van der Waals surface area contributed by atoms with E-state index >= 15 is 0 Å². The molecular formula is C15H19N3O2S. The number of carbonyl (C=O) groups is 1. The predicted molar refractivity (Wildman–Crippen MR) is 84.5 cm³/mol. The van der Waals surface area contributed by atoms with Crippen LogP contribution in [0.2, 0.25) is 0 Å². The third-order valence-electron chi connectivity index (χ3n) is 4.13. The lowest BCUT2D eigenvalue weighted by Gasteiger charge is -2.34. The molecule has 0 aromatic carbocycles. The molecule has 3 N–H and O–H groups in total. The minimum atomic E-state index is -0.460. The molecule has 112 valence electrons. The number of thiophene rings is 1. The number of hydrogen-bond acceptors (Lipinski definition) is 5. The zero-order chi connectivity index (χ0) is 15.1. The highest BCUT2D eigenvalue weighted by atomic mass is 32.1. The van der Waals surface area contributed by atoms with Crippen molar-refractivity contribution in [3.05, 3.63) is 22.7 Å². The Morgan fingerprint density at radius 1 is 1.52 bits per heavy atom. The number of likely N-dealkylation sites (tertiary alicyclic amines) is 1. The molecule has 3 rings (SSSR count). The summed E-state index contributed by atoms with van der Waals surface area (Å²) in [6.45, 7) is 4.96. The van der Waals surface area contributed by atoms with Crippen LogP contribution in [0.25, 0.3) is 10.2 Å². The molecule has 1 aliphatic heterocycles. The Morgan fingerprint density at radius 2 is 2.29 bits per heavy atom. The van der Waals surface area contributed by atoms with Gasteiger partial charge in [-0.2, -0.15) is 0 Å². The van der Waals surface area contributed by atoms with Crippen LogP contribution in [0.4, 0.5) is 5.69 Å². The first-order valence-electron chi connectivity index (χ1n) is 7.10. The molecule has 21 heavy (non-hydrogen) atoms. The second-order valence-electron chi connectivity index (χ2n) is 5.73. The maximum atomic E-state index is 12.6. The number of nitrogens with two attached hydrogens (primary N) is 1. The standard InChI is InChI=1S/C15H19N3O2S/c1-8-5-6-18(7-11(8)19)15(20)13-12(16)10-4-3-9(2)17-14(10)21-13/h3-4,8,11,19H,5-7,16H2,1-2H3. The Balaban J connectivity index is 1.93. The van der Waals surface area contributed by atoms with Crippen molar-refractivity contribution in [2.24, 2.45) is 5.92 Å². The molecule has 0 radical (unpaired) electrons.